The summed E-state index contributed by atoms with van der Waals surface area (Å²) < 4.78 is 5.76. The molecule has 0 unspecified atom stereocenters. The Bertz CT molecular complexity index is 1160. The molecular weight excluding hydrogens is 374 g/mol. The minimum Gasteiger partial charge on any atom is -0.486 e. The molecule has 6 heteroatoms. The van der Waals surface area contributed by atoms with Crippen LogP contribution in [-0.4, -0.2) is 28.1 Å². The van der Waals surface area contributed by atoms with Gasteiger partial charge in [-0.25, -0.2) is 4.98 Å². The first-order valence-electron chi connectivity index (χ1n) is 9.89. The van der Waals surface area contributed by atoms with Gasteiger partial charge in [0.1, 0.15) is 6.61 Å². The molecule has 6 nitrogen and oxygen atoms in total. The van der Waals surface area contributed by atoms with Crippen LogP contribution in [0, 0.1) is 6.92 Å². The summed E-state index contributed by atoms with van der Waals surface area (Å²) in [5.74, 6) is 2.00. The Morgan fingerprint density at radius 2 is 1.77 bits per heavy atom. The van der Waals surface area contributed by atoms with Crippen LogP contribution in [0.3, 0.4) is 0 Å². The summed E-state index contributed by atoms with van der Waals surface area (Å²) in [5, 5.41) is 3.30. The molecule has 0 radical (unpaired) electrons. The number of anilines is 4. The van der Waals surface area contributed by atoms with Gasteiger partial charge < -0.3 is 15.0 Å². The maximum atomic E-state index is 5.76. The van der Waals surface area contributed by atoms with Crippen LogP contribution in [0.5, 0.6) is 5.75 Å². The summed E-state index contributed by atoms with van der Waals surface area (Å²) in [4.78, 5) is 15.6. The summed E-state index contributed by atoms with van der Waals surface area (Å²) in [7, 11) is 0. The van der Waals surface area contributed by atoms with Crippen LogP contribution in [0.4, 0.5) is 23.1 Å². The lowest BCUT2D eigenvalue weighted by Gasteiger charge is -2.30. The van der Waals surface area contributed by atoms with Gasteiger partial charge in [0.05, 0.1) is 12.7 Å². The number of pyridine rings is 1. The second-order valence-electron chi connectivity index (χ2n) is 7.11. The first-order chi connectivity index (χ1) is 14.8. The average Bonchev–Trinajstić information content (AvgIpc) is 2.80. The summed E-state index contributed by atoms with van der Waals surface area (Å²) in [6, 6.07) is 22.5. The SMILES string of the molecule is Cc1cc(-c2ccc(Nc3ncc4c(n3)N(c3ccccc3)CCO4)cc2)ccn1. The molecule has 0 spiro atoms. The maximum Gasteiger partial charge on any atom is 0.229 e. The molecule has 1 N–H and O–H groups in total. The van der Waals surface area contributed by atoms with Crippen LogP contribution in [0.25, 0.3) is 11.1 Å². The quantitative estimate of drug-likeness (QED) is 0.517. The van der Waals surface area contributed by atoms with E-state index in [1.54, 1.807) is 6.20 Å². The van der Waals surface area contributed by atoms with Crippen molar-refractivity contribution in [3.63, 3.8) is 0 Å². The van der Waals surface area contributed by atoms with E-state index in [1.807, 2.05) is 49.5 Å². The van der Waals surface area contributed by atoms with E-state index < -0.39 is 0 Å². The molecule has 2 aromatic heterocycles. The molecule has 30 heavy (non-hydrogen) atoms. The van der Waals surface area contributed by atoms with Gasteiger partial charge in [0.2, 0.25) is 5.95 Å². The summed E-state index contributed by atoms with van der Waals surface area (Å²) in [6.45, 7) is 3.34. The Labute approximate surface area is 175 Å². The highest BCUT2D eigenvalue weighted by Gasteiger charge is 2.22. The van der Waals surface area contributed by atoms with Crippen molar-refractivity contribution in [3.05, 3.63) is 84.8 Å². The number of aryl methyl sites for hydroxylation is 1. The molecule has 1 aliphatic heterocycles. The van der Waals surface area contributed by atoms with E-state index in [4.69, 9.17) is 9.72 Å². The fourth-order valence-corrected chi connectivity index (χ4v) is 3.53. The second-order valence-corrected chi connectivity index (χ2v) is 7.11. The molecule has 0 saturated carbocycles. The van der Waals surface area contributed by atoms with Crippen LogP contribution in [0.15, 0.2) is 79.1 Å². The van der Waals surface area contributed by atoms with E-state index in [0.29, 0.717) is 18.3 Å². The molecule has 1 aliphatic rings. The molecule has 5 rings (SSSR count). The minimum absolute atomic E-state index is 0.535. The van der Waals surface area contributed by atoms with E-state index in [9.17, 15) is 0 Å². The highest BCUT2D eigenvalue weighted by atomic mass is 16.5. The zero-order valence-corrected chi connectivity index (χ0v) is 16.6. The zero-order chi connectivity index (χ0) is 20.3. The number of benzene rings is 2. The van der Waals surface area contributed by atoms with Crippen molar-refractivity contribution in [3.8, 4) is 16.9 Å². The van der Waals surface area contributed by atoms with E-state index in [-0.39, 0.29) is 0 Å². The highest BCUT2D eigenvalue weighted by molar-refractivity contribution is 5.70. The van der Waals surface area contributed by atoms with E-state index in [0.717, 1.165) is 40.6 Å². The van der Waals surface area contributed by atoms with Crippen molar-refractivity contribution < 1.29 is 4.74 Å². The Balaban J connectivity index is 1.39. The first kappa shape index (κ1) is 18.1. The number of rotatable bonds is 4. The second kappa shape index (κ2) is 7.83. The van der Waals surface area contributed by atoms with Gasteiger partial charge in [0.15, 0.2) is 11.6 Å². The van der Waals surface area contributed by atoms with Gasteiger partial charge in [-0.15, -0.1) is 0 Å². The lowest BCUT2D eigenvalue weighted by atomic mass is 10.1. The Morgan fingerprint density at radius 3 is 2.57 bits per heavy atom. The number of aromatic nitrogens is 3. The van der Waals surface area contributed by atoms with E-state index >= 15 is 0 Å². The number of fused-ring (bicyclic) bond motifs is 1. The number of nitrogens with one attached hydrogen (secondary N) is 1. The van der Waals surface area contributed by atoms with E-state index in [2.05, 4.69) is 50.5 Å². The number of para-hydroxylation sites is 1. The van der Waals surface area contributed by atoms with Gasteiger partial charge in [-0.1, -0.05) is 30.3 Å². The number of hydrogen-bond donors (Lipinski definition) is 1. The summed E-state index contributed by atoms with van der Waals surface area (Å²) in [5.41, 5.74) is 5.30. The number of hydrogen-bond acceptors (Lipinski definition) is 6. The molecule has 0 bridgehead atoms. The molecule has 0 aliphatic carbocycles. The van der Waals surface area contributed by atoms with Crippen molar-refractivity contribution in [2.45, 2.75) is 6.92 Å². The largest absolute Gasteiger partial charge is 0.486 e. The topological polar surface area (TPSA) is 63.2 Å². The van der Waals surface area contributed by atoms with Gasteiger partial charge in [0.25, 0.3) is 0 Å². The molecule has 4 aromatic rings. The smallest absolute Gasteiger partial charge is 0.229 e. The molecule has 0 fully saturated rings. The Hall–Kier alpha value is -3.93. The first-order valence-corrected chi connectivity index (χ1v) is 9.89. The molecule has 0 amide bonds. The average molecular weight is 395 g/mol. The van der Waals surface area contributed by atoms with Gasteiger partial charge in [-0.05, 0) is 54.4 Å². The lowest BCUT2D eigenvalue weighted by Crippen LogP contribution is -2.29. The van der Waals surface area contributed by atoms with Crippen LogP contribution in [0.2, 0.25) is 0 Å². The van der Waals surface area contributed by atoms with Crippen molar-refractivity contribution in [1.82, 2.24) is 15.0 Å². The highest BCUT2D eigenvalue weighted by Crippen LogP contribution is 2.35. The monoisotopic (exact) mass is 395 g/mol. The predicted octanol–water partition coefficient (Wildman–Crippen LogP) is 5.12. The number of ether oxygens (including phenoxy) is 1. The summed E-state index contributed by atoms with van der Waals surface area (Å²) in [6.07, 6.45) is 3.56. The normalized spacial score (nSPS) is 12.8. The third kappa shape index (κ3) is 3.67. The summed E-state index contributed by atoms with van der Waals surface area (Å²) >= 11 is 0. The fraction of sp³-hybridized carbons (Fsp3) is 0.125. The minimum atomic E-state index is 0.535. The van der Waals surface area contributed by atoms with Crippen molar-refractivity contribution in [2.24, 2.45) is 0 Å². The Kier molecular flexibility index (Phi) is 4.73. The van der Waals surface area contributed by atoms with Crippen molar-refractivity contribution >= 4 is 23.1 Å². The van der Waals surface area contributed by atoms with Crippen molar-refractivity contribution in [1.29, 1.82) is 0 Å². The van der Waals surface area contributed by atoms with Gasteiger partial charge in [-0.2, -0.15) is 4.98 Å². The van der Waals surface area contributed by atoms with Crippen molar-refractivity contribution in [2.75, 3.05) is 23.4 Å². The molecule has 3 heterocycles. The van der Waals surface area contributed by atoms with Crippen LogP contribution in [0.1, 0.15) is 5.69 Å². The molecule has 0 atom stereocenters. The maximum absolute atomic E-state index is 5.76. The predicted molar refractivity (Wildman–Crippen MR) is 119 cm³/mol. The fourth-order valence-electron chi connectivity index (χ4n) is 3.53. The molecular formula is C24H21N5O. The number of nitrogens with zero attached hydrogens (tertiary/aromatic N) is 4. The van der Waals surface area contributed by atoms with E-state index in [1.165, 1.54) is 0 Å². The van der Waals surface area contributed by atoms with Crippen LogP contribution in [-0.2, 0) is 0 Å². The van der Waals surface area contributed by atoms with Crippen LogP contribution < -0.4 is 15.0 Å². The van der Waals surface area contributed by atoms with Gasteiger partial charge >= 0.3 is 0 Å². The zero-order valence-electron chi connectivity index (χ0n) is 16.6. The third-order valence-electron chi connectivity index (χ3n) is 5.00. The van der Waals surface area contributed by atoms with Gasteiger partial charge in [-0.3, -0.25) is 4.98 Å². The molecule has 2 aromatic carbocycles. The molecule has 0 saturated heterocycles. The van der Waals surface area contributed by atoms with Gasteiger partial charge in [0, 0.05) is 23.3 Å². The standard InChI is InChI=1S/C24H21N5O/c1-17-15-19(11-12-25-17)18-7-9-20(10-8-18)27-24-26-16-22-23(28-24)29(13-14-30-22)21-5-3-2-4-6-21/h2-12,15-16H,13-14H2,1H3,(H,26,27,28). The lowest BCUT2D eigenvalue weighted by molar-refractivity contribution is 0.310. The van der Waals surface area contributed by atoms with Crippen LogP contribution >= 0.6 is 0 Å². The third-order valence-corrected chi connectivity index (χ3v) is 5.00. The Morgan fingerprint density at radius 1 is 0.933 bits per heavy atom. The molecule has 148 valence electrons.